The van der Waals surface area contributed by atoms with Crippen LogP contribution in [0.25, 0.3) is 0 Å². The number of pyridine rings is 1. The first-order chi connectivity index (χ1) is 11.4. The number of imide groups is 1. The van der Waals surface area contributed by atoms with Gasteiger partial charge in [0.2, 0.25) is 5.91 Å². The van der Waals surface area contributed by atoms with E-state index >= 15 is 0 Å². The van der Waals surface area contributed by atoms with Crippen molar-refractivity contribution in [1.82, 2.24) is 15.2 Å². The largest absolute Gasteiger partial charge is 0.325 e. The SMILES string of the molecule is Cc1ccc(NC(=O)CN2C(=O)NC3(CCCCC3C)C2=O)nc1. The normalized spacial score (nSPS) is 26.6. The average molecular weight is 330 g/mol. The molecule has 24 heavy (non-hydrogen) atoms. The molecule has 2 heterocycles. The minimum absolute atomic E-state index is 0.0783. The van der Waals surface area contributed by atoms with Crippen molar-refractivity contribution in [2.75, 3.05) is 11.9 Å². The molecule has 4 amide bonds. The lowest BCUT2D eigenvalue weighted by atomic mass is 9.73. The number of hydrogen-bond acceptors (Lipinski definition) is 4. The van der Waals surface area contributed by atoms with Gasteiger partial charge < -0.3 is 10.6 Å². The molecule has 2 aliphatic rings. The Bertz CT molecular complexity index is 673. The topological polar surface area (TPSA) is 91.4 Å². The third-order valence-corrected chi connectivity index (χ3v) is 4.98. The van der Waals surface area contributed by atoms with Crippen molar-refractivity contribution in [2.45, 2.75) is 45.1 Å². The molecule has 1 saturated heterocycles. The highest BCUT2D eigenvalue weighted by atomic mass is 16.2. The van der Waals surface area contributed by atoms with Crippen LogP contribution in [0.2, 0.25) is 0 Å². The van der Waals surface area contributed by atoms with Crippen molar-refractivity contribution in [3.8, 4) is 0 Å². The number of amides is 4. The van der Waals surface area contributed by atoms with Crippen LogP contribution in [0.4, 0.5) is 10.6 Å². The van der Waals surface area contributed by atoms with Crippen LogP contribution in [-0.4, -0.2) is 39.8 Å². The molecule has 1 aromatic heterocycles. The quantitative estimate of drug-likeness (QED) is 0.827. The van der Waals surface area contributed by atoms with E-state index in [0.717, 1.165) is 29.7 Å². The van der Waals surface area contributed by atoms with Gasteiger partial charge in [0.15, 0.2) is 0 Å². The summed E-state index contributed by atoms with van der Waals surface area (Å²) in [5, 5.41) is 5.45. The van der Waals surface area contributed by atoms with Gasteiger partial charge in [-0.15, -0.1) is 0 Å². The Kier molecular flexibility index (Phi) is 4.26. The Labute approximate surface area is 140 Å². The Balaban J connectivity index is 1.68. The van der Waals surface area contributed by atoms with Crippen LogP contribution in [0.1, 0.15) is 38.2 Å². The van der Waals surface area contributed by atoms with E-state index < -0.39 is 17.5 Å². The highest BCUT2D eigenvalue weighted by molar-refractivity contribution is 6.10. The minimum atomic E-state index is -0.836. The second-order valence-corrected chi connectivity index (χ2v) is 6.71. The maximum absolute atomic E-state index is 12.8. The first-order valence-electron chi connectivity index (χ1n) is 8.29. The van der Waals surface area contributed by atoms with Crippen LogP contribution in [0.15, 0.2) is 18.3 Å². The molecule has 2 N–H and O–H groups in total. The number of aromatic nitrogens is 1. The number of nitrogens with zero attached hydrogens (tertiary/aromatic N) is 2. The van der Waals surface area contributed by atoms with Crippen LogP contribution >= 0.6 is 0 Å². The van der Waals surface area contributed by atoms with Crippen molar-refractivity contribution in [3.05, 3.63) is 23.9 Å². The molecule has 1 aliphatic heterocycles. The molecule has 1 saturated carbocycles. The number of urea groups is 1. The van der Waals surface area contributed by atoms with Gasteiger partial charge in [-0.25, -0.2) is 9.78 Å². The van der Waals surface area contributed by atoms with E-state index in [1.165, 1.54) is 0 Å². The van der Waals surface area contributed by atoms with Gasteiger partial charge >= 0.3 is 6.03 Å². The van der Waals surface area contributed by atoms with E-state index in [4.69, 9.17) is 0 Å². The van der Waals surface area contributed by atoms with E-state index in [-0.39, 0.29) is 18.4 Å². The van der Waals surface area contributed by atoms with Gasteiger partial charge in [-0.1, -0.05) is 25.8 Å². The lowest BCUT2D eigenvalue weighted by Gasteiger charge is -2.36. The summed E-state index contributed by atoms with van der Waals surface area (Å²) in [5.74, 6) is -0.241. The molecular formula is C17H22N4O3. The molecule has 2 fully saturated rings. The predicted molar refractivity (Wildman–Crippen MR) is 88.2 cm³/mol. The molecule has 3 rings (SSSR count). The third-order valence-electron chi connectivity index (χ3n) is 4.98. The molecule has 2 atom stereocenters. The molecule has 1 aromatic rings. The number of aryl methyl sites for hydroxylation is 1. The maximum atomic E-state index is 12.8. The van der Waals surface area contributed by atoms with Crippen LogP contribution < -0.4 is 10.6 Å². The first-order valence-corrected chi connectivity index (χ1v) is 8.29. The van der Waals surface area contributed by atoms with Gasteiger partial charge in [0.05, 0.1) is 0 Å². The summed E-state index contributed by atoms with van der Waals surface area (Å²) in [4.78, 5) is 42.3. The van der Waals surface area contributed by atoms with Crippen molar-refractivity contribution >= 4 is 23.7 Å². The minimum Gasteiger partial charge on any atom is -0.323 e. The maximum Gasteiger partial charge on any atom is 0.325 e. The van der Waals surface area contributed by atoms with Crippen LogP contribution in [0.3, 0.4) is 0 Å². The number of carbonyl (C=O) groups is 3. The second-order valence-electron chi connectivity index (χ2n) is 6.71. The first kappa shape index (κ1) is 16.4. The number of anilines is 1. The smallest absolute Gasteiger partial charge is 0.323 e. The number of rotatable bonds is 3. The summed E-state index contributed by atoms with van der Waals surface area (Å²) in [5.41, 5.74) is 0.146. The Morgan fingerprint density at radius 2 is 2.21 bits per heavy atom. The fourth-order valence-corrected chi connectivity index (χ4v) is 3.51. The zero-order valence-electron chi connectivity index (χ0n) is 14.0. The van der Waals surface area contributed by atoms with Gasteiger partial charge in [0, 0.05) is 6.20 Å². The lowest BCUT2D eigenvalue weighted by Crippen LogP contribution is -2.54. The molecule has 7 nitrogen and oxygen atoms in total. The van der Waals surface area contributed by atoms with Crippen molar-refractivity contribution in [3.63, 3.8) is 0 Å². The summed E-state index contributed by atoms with van der Waals surface area (Å²) in [6.45, 7) is 3.59. The summed E-state index contributed by atoms with van der Waals surface area (Å²) in [6, 6.07) is 3.03. The monoisotopic (exact) mass is 330 g/mol. The third kappa shape index (κ3) is 2.86. The zero-order chi connectivity index (χ0) is 17.3. The molecular weight excluding hydrogens is 308 g/mol. The van der Waals surface area contributed by atoms with Crippen molar-refractivity contribution in [1.29, 1.82) is 0 Å². The molecule has 0 bridgehead atoms. The molecule has 2 unspecified atom stereocenters. The summed E-state index contributed by atoms with van der Waals surface area (Å²) < 4.78 is 0. The second kappa shape index (κ2) is 6.22. The van der Waals surface area contributed by atoms with E-state index in [1.807, 2.05) is 19.9 Å². The van der Waals surface area contributed by atoms with Crippen LogP contribution in [-0.2, 0) is 9.59 Å². The van der Waals surface area contributed by atoms with E-state index in [2.05, 4.69) is 15.6 Å². The molecule has 128 valence electrons. The lowest BCUT2D eigenvalue weighted by molar-refractivity contribution is -0.136. The van der Waals surface area contributed by atoms with Gasteiger partial charge in [-0.2, -0.15) is 0 Å². The highest BCUT2D eigenvalue weighted by Gasteiger charge is 2.55. The van der Waals surface area contributed by atoms with Gasteiger partial charge in [0.1, 0.15) is 17.9 Å². The van der Waals surface area contributed by atoms with Gasteiger partial charge in [0.25, 0.3) is 5.91 Å². The van der Waals surface area contributed by atoms with Crippen molar-refractivity contribution < 1.29 is 14.4 Å². The van der Waals surface area contributed by atoms with Gasteiger partial charge in [-0.3, -0.25) is 14.5 Å². The van der Waals surface area contributed by atoms with Crippen LogP contribution in [0, 0.1) is 12.8 Å². The molecule has 1 aliphatic carbocycles. The molecule has 7 heteroatoms. The van der Waals surface area contributed by atoms with Gasteiger partial charge in [-0.05, 0) is 37.3 Å². The van der Waals surface area contributed by atoms with E-state index in [1.54, 1.807) is 12.3 Å². The number of hydrogen-bond donors (Lipinski definition) is 2. The molecule has 0 aromatic carbocycles. The summed E-state index contributed by atoms with van der Waals surface area (Å²) in [6.07, 6.45) is 5.15. The van der Waals surface area contributed by atoms with Crippen molar-refractivity contribution in [2.24, 2.45) is 5.92 Å². The fraction of sp³-hybridized carbons (Fsp3) is 0.529. The number of nitrogens with one attached hydrogen (secondary N) is 2. The average Bonchev–Trinajstić information content (AvgIpc) is 2.78. The Morgan fingerprint density at radius 3 is 2.88 bits per heavy atom. The summed E-state index contributed by atoms with van der Waals surface area (Å²) >= 11 is 0. The summed E-state index contributed by atoms with van der Waals surface area (Å²) in [7, 11) is 0. The number of carbonyl (C=O) groups excluding carboxylic acids is 3. The Hall–Kier alpha value is -2.44. The van der Waals surface area contributed by atoms with E-state index in [0.29, 0.717) is 12.2 Å². The highest BCUT2D eigenvalue weighted by Crippen LogP contribution is 2.38. The van der Waals surface area contributed by atoms with E-state index in [9.17, 15) is 14.4 Å². The molecule has 1 spiro atoms. The Morgan fingerprint density at radius 1 is 1.42 bits per heavy atom. The standard InChI is InChI=1S/C17H22N4O3/c1-11-6-7-13(18-9-11)19-14(22)10-21-15(23)17(20-16(21)24)8-4-3-5-12(17)2/h6-7,9,12H,3-5,8,10H2,1-2H3,(H,20,24)(H,18,19,22). The molecule has 0 radical (unpaired) electrons. The predicted octanol–water partition coefficient (Wildman–Crippen LogP) is 1.83. The zero-order valence-corrected chi connectivity index (χ0v) is 14.0. The van der Waals surface area contributed by atoms with Crippen LogP contribution in [0.5, 0.6) is 0 Å². The fourth-order valence-electron chi connectivity index (χ4n) is 3.51.